The van der Waals surface area contributed by atoms with Crippen LogP contribution in [-0.2, 0) is 9.53 Å². The number of hydrogen-bond acceptors (Lipinski definition) is 7. The van der Waals surface area contributed by atoms with Crippen molar-refractivity contribution in [2.75, 3.05) is 43.4 Å². The van der Waals surface area contributed by atoms with Gasteiger partial charge in [0.15, 0.2) is 0 Å². The van der Waals surface area contributed by atoms with Gasteiger partial charge in [-0.25, -0.2) is 4.98 Å². The van der Waals surface area contributed by atoms with Gasteiger partial charge in [-0.1, -0.05) is 11.6 Å². The molecule has 0 unspecified atom stereocenters. The number of carbonyl (C=O) groups excluding carboxylic acids is 2. The number of ether oxygens (including phenoxy) is 2. The summed E-state index contributed by atoms with van der Waals surface area (Å²) in [6.45, 7) is 9.45. The molecule has 1 aliphatic heterocycles. The first-order valence-electron chi connectivity index (χ1n) is 10.8. The van der Waals surface area contributed by atoms with Crippen LogP contribution in [0.2, 0.25) is 5.02 Å². The summed E-state index contributed by atoms with van der Waals surface area (Å²) < 4.78 is 46.0. The van der Waals surface area contributed by atoms with Crippen LogP contribution in [0.4, 0.5) is 24.7 Å². The third-order valence-electron chi connectivity index (χ3n) is 4.73. The molecule has 13 heteroatoms. The van der Waals surface area contributed by atoms with E-state index in [0.29, 0.717) is 6.47 Å². The van der Waals surface area contributed by atoms with E-state index in [1.807, 2.05) is 20.8 Å². The lowest BCUT2D eigenvalue weighted by Crippen LogP contribution is -2.44. The third-order valence-corrected chi connectivity index (χ3v) is 5.67. The van der Waals surface area contributed by atoms with Crippen LogP contribution in [0, 0.1) is 0 Å². The first-order valence-corrected chi connectivity index (χ1v) is 11.9. The maximum Gasteiger partial charge on any atom is 0.573 e. The topological polar surface area (TPSA) is 84.0 Å². The van der Waals surface area contributed by atoms with Gasteiger partial charge in [0.05, 0.1) is 20.7 Å². The van der Waals surface area contributed by atoms with E-state index in [9.17, 15) is 22.8 Å². The van der Waals surface area contributed by atoms with Crippen molar-refractivity contribution in [2.45, 2.75) is 32.7 Å². The summed E-state index contributed by atoms with van der Waals surface area (Å²) in [5, 5.41) is 2.54. The number of amides is 1. The highest BCUT2D eigenvalue weighted by Gasteiger charge is 2.32. The number of nitrogens with one attached hydrogen (secondary N) is 1. The zero-order valence-electron chi connectivity index (χ0n) is 20.2. The molecule has 1 saturated heterocycles. The molecule has 1 N–H and O–H groups in total. The highest BCUT2D eigenvalue weighted by molar-refractivity contribution is 9.10. The minimum atomic E-state index is -4.87. The molecule has 2 heterocycles. The number of anilines is 2. The van der Waals surface area contributed by atoms with Gasteiger partial charge in [-0.3, -0.25) is 9.59 Å². The molecule has 0 atom stereocenters. The van der Waals surface area contributed by atoms with Gasteiger partial charge in [0.25, 0.3) is 12.4 Å². The molecule has 1 aliphatic rings. The van der Waals surface area contributed by atoms with Crippen LogP contribution in [0.15, 0.2) is 34.9 Å². The Morgan fingerprint density at radius 3 is 2.28 bits per heavy atom. The number of alkyl halides is 3. The highest BCUT2D eigenvalue weighted by atomic mass is 79.9. The van der Waals surface area contributed by atoms with Gasteiger partial charge in [-0.2, -0.15) is 0 Å². The fraction of sp³-hybridized carbons (Fsp3) is 0.435. The number of pyridine rings is 1. The van der Waals surface area contributed by atoms with E-state index in [0.717, 1.165) is 38.1 Å². The Labute approximate surface area is 220 Å². The summed E-state index contributed by atoms with van der Waals surface area (Å²) in [6.07, 6.45) is -3.45. The summed E-state index contributed by atoms with van der Waals surface area (Å²) in [5.74, 6) is -0.303. The average molecular weight is 596 g/mol. The monoisotopic (exact) mass is 594 g/mol. The van der Waals surface area contributed by atoms with Crippen molar-refractivity contribution in [1.82, 2.24) is 9.88 Å². The largest absolute Gasteiger partial charge is 0.573 e. The molecule has 1 aromatic carbocycles. The lowest BCUT2D eigenvalue weighted by Gasteiger charge is -2.33. The van der Waals surface area contributed by atoms with Crippen molar-refractivity contribution in [2.24, 2.45) is 0 Å². The third kappa shape index (κ3) is 9.82. The van der Waals surface area contributed by atoms with E-state index in [1.165, 1.54) is 12.3 Å². The molecule has 198 valence electrons. The second-order valence-electron chi connectivity index (χ2n) is 8.79. The Morgan fingerprint density at radius 2 is 1.81 bits per heavy atom. The molecule has 0 aliphatic carbocycles. The summed E-state index contributed by atoms with van der Waals surface area (Å²) >= 11 is 8.99. The first kappa shape index (κ1) is 29.7. The Balaban J connectivity index is 0.000000572. The lowest BCUT2D eigenvalue weighted by atomic mass is 10.2. The van der Waals surface area contributed by atoms with Crippen LogP contribution in [0.25, 0.3) is 0 Å². The number of piperazine rings is 1. The smallest absolute Gasteiger partial charge is 0.462 e. The van der Waals surface area contributed by atoms with Crippen LogP contribution in [0.3, 0.4) is 0 Å². The number of carbonyl (C=O) groups is 2. The molecule has 1 fully saturated rings. The zero-order valence-corrected chi connectivity index (χ0v) is 22.5. The summed E-state index contributed by atoms with van der Waals surface area (Å²) in [6, 6.07) is 5.56. The number of rotatable bonds is 5. The molecule has 0 saturated carbocycles. The predicted octanol–water partition coefficient (Wildman–Crippen LogP) is 5.36. The van der Waals surface area contributed by atoms with E-state index in [4.69, 9.17) is 11.6 Å². The van der Waals surface area contributed by atoms with Gasteiger partial charge in [0.1, 0.15) is 17.2 Å². The van der Waals surface area contributed by atoms with E-state index in [2.05, 4.69) is 52.6 Å². The second-order valence-corrected chi connectivity index (χ2v) is 10.0. The fourth-order valence-electron chi connectivity index (χ4n) is 2.91. The lowest BCUT2D eigenvalue weighted by molar-refractivity contribution is -0.274. The molecule has 3 rings (SSSR count). The molecule has 36 heavy (non-hydrogen) atoms. The van der Waals surface area contributed by atoms with Crippen molar-refractivity contribution in [1.29, 1.82) is 0 Å². The Kier molecular flexibility index (Phi) is 10.4. The number of nitrogens with zero attached hydrogens (tertiary/aromatic N) is 3. The van der Waals surface area contributed by atoms with Gasteiger partial charge in [-0.15, -0.1) is 13.2 Å². The van der Waals surface area contributed by atoms with Crippen molar-refractivity contribution in [3.63, 3.8) is 0 Å². The minimum absolute atomic E-state index is 0.0102. The highest BCUT2D eigenvalue weighted by Crippen LogP contribution is 2.37. The van der Waals surface area contributed by atoms with Crippen LogP contribution in [0.5, 0.6) is 5.75 Å². The van der Waals surface area contributed by atoms with Gasteiger partial charge in [0.2, 0.25) is 0 Å². The van der Waals surface area contributed by atoms with Gasteiger partial charge >= 0.3 is 6.36 Å². The quantitative estimate of drug-likeness (QED) is 0.466. The van der Waals surface area contributed by atoms with Gasteiger partial charge in [-0.05, 0) is 61.9 Å². The molecule has 2 aromatic rings. The van der Waals surface area contributed by atoms with E-state index in [-0.39, 0.29) is 26.3 Å². The predicted molar refractivity (Wildman–Crippen MR) is 135 cm³/mol. The summed E-state index contributed by atoms with van der Waals surface area (Å²) in [7, 11) is 2.05. The normalized spacial score (nSPS) is 14.4. The number of aromatic nitrogens is 1. The number of benzene rings is 1. The van der Waals surface area contributed by atoms with Crippen molar-refractivity contribution in [3.8, 4) is 5.75 Å². The van der Waals surface area contributed by atoms with Crippen LogP contribution >= 0.6 is 27.5 Å². The second kappa shape index (κ2) is 12.6. The Hall–Kier alpha value is -2.57. The zero-order chi connectivity index (χ0) is 27.1. The number of hydrogen-bond donors (Lipinski definition) is 1. The summed E-state index contributed by atoms with van der Waals surface area (Å²) in [5.41, 5.74) is -0.0794. The summed E-state index contributed by atoms with van der Waals surface area (Å²) in [4.78, 5) is 30.7. The van der Waals surface area contributed by atoms with Crippen molar-refractivity contribution >= 4 is 51.4 Å². The van der Waals surface area contributed by atoms with E-state index in [1.54, 1.807) is 12.1 Å². The van der Waals surface area contributed by atoms with Crippen LogP contribution < -0.4 is 15.0 Å². The molecule has 1 aromatic heterocycles. The average Bonchev–Trinajstić information content (AvgIpc) is 2.76. The minimum Gasteiger partial charge on any atom is -0.462 e. The van der Waals surface area contributed by atoms with Crippen molar-refractivity contribution < 1.29 is 32.2 Å². The molecule has 8 nitrogen and oxygen atoms in total. The maximum absolute atomic E-state index is 12.5. The number of halogens is 5. The Bertz CT molecular complexity index is 1040. The number of likely N-dealkylation sites (N-methyl/N-ethyl adjacent to an activating group) is 1. The first-order chi connectivity index (χ1) is 16.7. The molecule has 1 amide bonds. The molecular weight excluding hydrogens is 569 g/mol. The Morgan fingerprint density at radius 1 is 1.17 bits per heavy atom. The van der Waals surface area contributed by atoms with Crippen LogP contribution in [0.1, 0.15) is 31.1 Å². The molecule has 0 radical (unpaired) electrons. The SMILES string of the molecule is CC(C)(C)OC=O.CN1CCN(c2ccc(C(=O)Nc3cc(OC(F)(F)F)c(Br)cc3Cl)cn2)CC1. The van der Waals surface area contributed by atoms with Gasteiger partial charge in [0, 0.05) is 38.4 Å². The fourth-order valence-corrected chi connectivity index (χ4v) is 3.68. The molecular formula is C23H27BrClF3N4O4. The van der Waals surface area contributed by atoms with Crippen LogP contribution in [-0.4, -0.2) is 67.5 Å². The van der Waals surface area contributed by atoms with Crippen molar-refractivity contribution in [3.05, 3.63) is 45.5 Å². The van der Waals surface area contributed by atoms with Gasteiger partial charge < -0.3 is 24.6 Å². The van der Waals surface area contributed by atoms with E-state index >= 15 is 0 Å². The van der Waals surface area contributed by atoms with E-state index < -0.39 is 18.0 Å². The molecule has 0 bridgehead atoms. The maximum atomic E-state index is 12.5. The standard InChI is InChI=1S/C18H17BrClF3N4O2.C5H10O2/c1-26-4-6-27(7-5-26)16-3-2-11(10-24-16)17(28)25-14-9-15(29-18(21,22)23)12(19)8-13(14)20;1-5(2,3)7-4-6/h2-3,8-10H,4-7H2,1H3,(H,25,28);4H,1-3H3. The molecule has 0 spiro atoms.